The van der Waals surface area contributed by atoms with Crippen LogP contribution in [0.4, 0.5) is 11.4 Å². The predicted octanol–water partition coefficient (Wildman–Crippen LogP) is 1.91. The van der Waals surface area contributed by atoms with Gasteiger partial charge in [-0.1, -0.05) is 12.1 Å². The number of pyridine rings is 1. The maximum atomic E-state index is 11.0. The Morgan fingerprint density at radius 2 is 2.10 bits per heavy atom. The van der Waals surface area contributed by atoms with Gasteiger partial charge in [-0.3, -0.25) is 25.8 Å². The third kappa shape index (κ3) is 3.98. The molecule has 21 heavy (non-hydrogen) atoms. The maximum absolute atomic E-state index is 11.0. The van der Waals surface area contributed by atoms with Crippen molar-refractivity contribution in [2.75, 3.05) is 12.5 Å². The van der Waals surface area contributed by atoms with Crippen molar-refractivity contribution < 1.29 is 4.92 Å². The molecule has 3 N–H and O–H groups in total. The van der Waals surface area contributed by atoms with Crippen molar-refractivity contribution >= 4 is 11.4 Å². The van der Waals surface area contributed by atoms with Crippen LogP contribution in [0, 0.1) is 10.1 Å². The van der Waals surface area contributed by atoms with Crippen LogP contribution in [0.1, 0.15) is 11.1 Å². The van der Waals surface area contributed by atoms with Crippen molar-refractivity contribution in [1.82, 2.24) is 9.88 Å². The minimum absolute atomic E-state index is 0.0234. The summed E-state index contributed by atoms with van der Waals surface area (Å²) >= 11 is 0. The van der Waals surface area contributed by atoms with Gasteiger partial charge in [-0.15, -0.1) is 0 Å². The van der Waals surface area contributed by atoms with Crippen LogP contribution < -0.4 is 11.3 Å². The van der Waals surface area contributed by atoms with Crippen LogP contribution >= 0.6 is 0 Å². The number of benzene rings is 1. The van der Waals surface area contributed by atoms with Crippen LogP contribution in [-0.2, 0) is 13.1 Å². The summed E-state index contributed by atoms with van der Waals surface area (Å²) in [6, 6.07) is 8.85. The first-order chi connectivity index (χ1) is 10.1. The summed E-state index contributed by atoms with van der Waals surface area (Å²) in [5.41, 5.74) is 4.56. The lowest BCUT2D eigenvalue weighted by molar-refractivity contribution is -0.384. The van der Waals surface area contributed by atoms with Crippen LogP contribution in [0.3, 0.4) is 0 Å². The Balaban J connectivity index is 2.09. The van der Waals surface area contributed by atoms with Gasteiger partial charge in [-0.2, -0.15) is 0 Å². The van der Waals surface area contributed by atoms with Gasteiger partial charge < -0.3 is 5.43 Å². The number of nitrogens with zero attached hydrogens (tertiary/aromatic N) is 3. The van der Waals surface area contributed by atoms with E-state index in [1.165, 1.54) is 6.07 Å². The van der Waals surface area contributed by atoms with Crippen molar-refractivity contribution in [2.45, 2.75) is 13.1 Å². The van der Waals surface area contributed by atoms with Crippen LogP contribution in [-0.4, -0.2) is 21.9 Å². The lowest BCUT2D eigenvalue weighted by Gasteiger charge is -2.16. The molecule has 0 amide bonds. The summed E-state index contributed by atoms with van der Waals surface area (Å²) in [6.07, 6.45) is 3.53. The Bertz CT molecular complexity index is 618. The molecule has 0 saturated carbocycles. The second kappa shape index (κ2) is 6.78. The summed E-state index contributed by atoms with van der Waals surface area (Å²) < 4.78 is 0. The zero-order chi connectivity index (χ0) is 15.2. The molecule has 0 bridgehead atoms. The summed E-state index contributed by atoms with van der Waals surface area (Å²) in [5.74, 6) is 5.27. The number of nitrogens with one attached hydrogen (secondary N) is 1. The normalized spacial score (nSPS) is 10.6. The molecule has 0 aliphatic carbocycles. The molecule has 0 spiro atoms. The van der Waals surface area contributed by atoms with Crippen molar-refractivity contribution in [3.05, 3.63) is 64.0 Å². The van der Waals surface area contributed by atoms with Crippen molar-refractivity contribution in [3.63, 3.8) is 0 Å². The molecular formula is C14H17N5O2. The van der Waals surface area contributed by atoms with E-state index in [4.69, 9.17) is 5.84 Å². The van der Waals surface area contributed by atoms with E-state index in [9.17, 15) is 10.1 Å². The summed E-state index contributed by atoms with van der Waals surface area (Å²) in [5, 5.41) is 11.0. The van der Waals surface area contributed by atoms with Gasteiger partial charge in [0, 0.05) is 31.5 Å². The molecule has 0 saturated heterocycles. The zero-order valence-electron chi connectivity index (χ0n) is 11.7. The van der Waals surface area contributed by atoms with Gasteiger partial charge in [0.1, 0.15) is 5.69 Å². The van der Waals surface area contributed by atoms with Crippen LogP contribution in [0.2, 0.25) is 0 Å². The molecule has 0 fully saturated rings. The minimum Gasteiger partial charge on any atom is -0.318 e. The molecular weight excluding hydrogens is 270 g/mol. The number of nitrogen functional groups attached to an aromatic ring is 1. The first kappa shape index (κ1) is 14.9. The van der Waals surface area contributed by atoms with E-state index in [0.29, 0.717) is 12.2 Å². The van der Waals surface area contributed by atoms with Gasteiger partial charge >= 0.3 is 0 Å². The van der Waals surface area contributed by atoms with Crippen molar-refractivity contribution in [1.29, 1.82) is 0 Å². The number of nitro benzene ring substituents is 1. The fourth-order valence-electron chi connectivity index (χ4n) is 2.12. The number of rotatable bonds is 6. The summed E-state index contributed by atoms with van der Waals surface area (Å²) in [4.78, 5) is 16.7. The lowest BCUT2D eigenvalue weighted by Crippen LogP contribution is -2.17. The highest BCUT2D eigenvalue weighted by Gasteiger charge is 2.14. The van der Waals surface area contributed by atoms with E-state index in [2.05, 4.69) is 15.3 Å². The molecule has 1 aromatic carbocycles. The highest BCUT2D eigenvalue weighted by atomic mass is 16.6. The second-order valence-corrected chi connectivity index (χ2v) is 4.79. The molecule has 7 heteroatoms. The van der Waals surface area contributed by atoms with Gasteiger partial charge in [0.05, 0.1) is 4.92 Å². The summed E-state index contributed by atoms with van der Waals surface area (Å²) in [7, 11) is 1.95. The van der Waals surface area contributed by atoms with Gasteiger partial charge in [-0.25, -0.2) is 0 Å². The second-order valence-electron chi connectivity index (χ2n) is 4.79. The average molecular weight is 287 g/mol. The van der Waals surface area contributed by atoms with E-state index in [0.717, 1.165) is 17.7 Å². The van der Waals surface area contributed by atoms with Gasteiger partial charge in [0.2, 0.25) is 0 Å². The Morgan fingerprint density at radius 3 is 2.71 bits per heavy atom. The van der Waals surface area contributed by atoms with Crippen LogP contribution in [0.25, 0.3) is 0 Å². The number of hydrogen-bond acceptors (Lipinski definition) is 6. The number of aromatic nitrogens is 1. The van der Waals surface area contributed by atoms with Crippen molar-refractivity contribution in [2.24, 2.45) is 5.84 Å². The molecule has 1 aromatic heterocycles. The van der Waals surface area contributed by atoms with Crippen molar-refractivity contribution in [3.8, 4) is 0 Å². The van der Waals surface area contributed by atoms with E-state index in [1.54, 1.807) is 18.5 Å². The van der Waals surface area contributed by atoms with E-state index in [1.807, 2.05) is 25.2 Å². The van der Waals surface area contributed by atoms with Crippen LogP contribution in [0.5, 0.6) is 0 Å². The molecule has 110 valence electrons. The first-order valence-corrected chi connectivity index (χ1v) is 6.41. The molecule has 1 heterocycles. The Labute approximate surface area is 122 Å². The SMILES string of the molecule is CN(Cc1cccnc1)Cc1ccc(NN)c([N+](=O)[O-])c1. The van der Waals surface area contributed by atoms with E-state index in [-0.39, 0.29) is 5.69 Å². The molecule has 0 unspecified atom stereocenters. The lowest BCUT2D eigenvalue weighted by atomic mass is 10.1. The largest absolute Gasteiger partial charge is 0.318 e. The van der Waals surface area contributed by atoms with Crippen LogP contribution in [0.15, 0.2) is 42.7 Å². The molecule has 2 rings (SSSR count). The smallest absolute Gasteiger partial charge is 0.293 e. The molecule has 0 aliphatic rings. The maximum Gasteiger partial charge on any atom is 0.293 e. The highest BCUT2D eigenvalue weighted by molar-refractivity contribution is 5.61. The Hall–Kier alpha value is -2.51. The first-order valence-electron chi connectivity index (χ1n) is 6.41. The third-order valence-corrected chi connectivity index (χ3v) is 3.04. The molecule has 0 aliphatic heterocycles. The number of nitrogens with two attached hydrogens (primary N) is 1. The molecule has 7 nitrogen and oxygen atoms in total. The number of nitro groups is 1. The zero-order valence-corrected chi connectivity index (χ0v) is 11.7. The Morgan fingerprint density at radius 1 is 1.33 bits per heavy atom. The number of hydrogen-bond donors (Lipinski definition) is 2. The summed E-state index contributed by atoms with van der Waals surface area (Å²) in [6.45, 7) is 1.32. The number of anilines is 1. The van der Waals surface area contributed by atoms with E-state index < -0.39 is 4.92 Å². The average Bonchev–Trinajstić information content (AvgIpc) is 2.48. The minimum atomic E-state index is -0.445. The standard InChI is InChI=1S/C14H17N5O2/c1-18(10-12-3-2-6-16-8-12)9-11-4-5-13(17-15)14(7-11)19(20)21/h2-8,17H,9-10,15H2,1H3. The van der Waals surface area contributed by atoms with Gasteiger partial charge in [0.25, 0.3) is 5.69 Å². The Kier molecular flexibility index (Phi) is 4.81. The monoisotopic (exact) mass is 287 g/mol. The quantitative estimate of drug-likeness (QED) is 0.478. The predicted molar refractivity (Wildman–Crippen MR) is 80.3 cm³/mol. The highest BCUT2D eigenvalue weighted by Crippen LogP contribution is 2.25. The van der Waals surface area contributed by atoms with E-state index >= 15 is 0 Å². The molecule has 2 aromatic rings. The van der Waals surface area contributed by atoms with Gasteiger partial charge in [0.15, 0.2) is 0 Å². The van der Waals surface area contributed by atoms with Gasteiger partial charge in [-0.05, 0) is 30.3 Å². The topological polar surface area (TPSA) is 97.3 Å². The third-order valence-electron chi connectivity index (χ3n) is 3.04. The molecule has 0 radical (unpaired) electrons. The molecule has 0 atom stereocenters. The fraction of sp³-hybridized carbons (Fsp3) is 0.214. The number of hydrazine groups is 1. The fourth-order valence-corrected chi connectivity index (χ4v) is 2.12.